The van der Waals surface area contributed by atoms with E-state index in [9.17, 15) is 23.1 Å². The monoisotopic (exact) mass is 347 g/mol. The summed E-state index contributed by atoms with van der Waals surface area (Å²) in [7, 11) is 1.35. The van der Waals surface area contributed by atoms with E-state index in [4.69, 9.17) is 4.74 Å². The first-order chi connectivity index (χ1) is 11.2. The number of amides is 1. The van der Waals surface area contributed by atoms with Crippen molar-refractivity contribution < 1.29 is 27.8 Å². The molecule has 0 bridgehead atoms. The lowest BCUT2D eigenvalue weighted by Crippen LogP contribution is -2.48. The van der Waals surface area contributed by atoms with Gasteiger partial charge < -0.3 is 19.3 Å². The van der Waals surface area contributed by atoms with E-state index in [1.165, 1.54) is 18.1 Å². The minimum Gasteiger partial charge on any atom is -0.381 e. The summed E-state index contributed by atoms with van der Waals surface area (Å²) in [4.78, 5) is 17.4. The Labute approximate surface area is 137 Å². The lowest BCUT2D eigenvalue weighted by atomic mass is 9.87. The van der Waals surface area contributed by atoms with Crippen molar-refractivity contribution in [3.05, 3.63) is 18.2 Å². The van der Waals surface area contributed by atoms with Crippen molar-refractivity contribution in [1.82, 2.24) is 14.5 Å². The molecule has 0 aromatic carbocycles. The number of nitrogens with zero attached hydrogens (tertiary/aromatic N) is 3. The number of ether oxygens (including phenoxy) is 1. The molecule has 1 spiro atoms. The van der Waals surface area contributed by atoms with Crippen LogP contribution in [0.3, 0.4) is 0 Å². The van der Waals surface area contributed by atoms with E-state index in [0.717, 1.165) is 17.2 Å². The summed E-state index contributed by atoms with van der Waals surface area (Å²) in [5, 5.41) is 10.3. The Kier molecular flexibility index (Phi) is 4.11. The standard InChI is InChI=1S/C15H20F3N3O3/c1-20-6-4-19-12(20)14(23,15(16,17)18)8-11(22)21-5-2-13(9-21)3-7-24-10-13/h4,6,23H,2-3,5,7-10H2,1H3. The predicted octanol–water partition coefficient (Wildman–Crippen LogP) is 1.20. The largest absolute Gasteiger partial charge is 0.425 e. The molecule has 2 fully saturated rings. The van der Waals surface area contributed by atoms with Crippen molar-refractivity contribution in [3.8, 4) is 0 Å². The first kappa shape index (κ1) is 17.2. The van der Waals surface area contributed by atoms with Gasteiger partial charge in [0.2, 0.25) is 11.5 Å². The van der Waals surface area contributed by atoms with Gasteiger partial charge in [-0.25, -0.2) is 4.98 Å². The molecular weight excluding hydrogens is 327 g/mol. The van der Waals surface area contributed by atoms with Crippen molar-refractivity contribution in [2.24, 2.45) is 12.5 Å². The number of aryl methyl sites for hydroxylation is 1. The zero-order chi connectivity index (χ0) is 17.6. The van der Waals surface area contributed by atoms with Crippen molar-refractivity contribution >= 4 is 5.91 Å². The first-order valence-electron chi connectivity index (χ1n) is 7.79. The van der Waals surface area contributed by atoms with Crippen LogP contribution in [0.1, 0.15) is 25.1 Å². The molecule has 134 valence electrons. The number of carbonyl (C=O) groups excluding carboxylic acids is 1. The van der Waals surface area contributed by atoms with Gasteiger partial charge in [0.25, 0.3) is 0 Å². The number of rotatable bonds is 3. The number of aliphatic hydroxyl groups is 1. The fourth-order valence-corrected chi connectivity index (χ4v) is 3.52. The van der Waals surface area contributed by atoms with Crippen LogP contribution >= 0.6 is 0 Å². The summed E-state index contributed by atoms with van der Waals surface area (Å²) < 4.78 is 46.9. The molecule has 0 radical (unpaired) electrons. The second-order valence-corrected chi connectivity index (χ2v) is 6.76. The lowest BCUT2D eigenvalue weighted by Gasteiger charge is -2.31. The van der Waals surface area contributed by atoms with Crippen molar-refractivity contribution in [3.63, 3.8) is 0 Å². The first-order valence-corrected chi connectivity index (χ1v) is 7.79. The Morgan fingerprint density at radius 2 is 2.21 bits per heavy atom. The molecule has 1 aromatic heterocycles. The molecule has 3 heterocycles. The van der Waals surface area contributed by atoms with Gasteiger partial charge >= 0.3 is 6.18 Å². The third-order valence-corrected chi connectivity index (χ3v) is 5.04. The molecule has 2 unspecified atom stereocenters. The number of alkyl halides is 3. The maximum atomic E-state index is 13.5. The maximum absolute atomic E-state index is 13.5. The molecular formula is C15H20F3N3O3. The quantitative estimate of drug-likeness (QED) is 0.892. The second-order valence-electron chi connectivity index (χ2n) is 6.76. The lowest BCUT2D eigenvalue weighted by molar-refractivity contribution is -0.271. The molecule has 0 aliphatic carbocycles. The van der Waals surface area contributed by atoms with Crippen molar-refractivity contribution in [1.29, 1.82) is 0 Å². The van der Waals surface area contributed by atoms with E-state index < -0.39 is 29.9 Å². The van der Waals surface area contributed by atoms with Crippen LogP contribution in [0.5, 0.6) is 0 Å². The maximum Gasteiger partial charge on any atom is 0.425 e. The van der Waals surface area contributed by atoms with E-state index in [-0.39, 0.29) is 5.41 Å². The number of imidazole rings is 1. The van der Waals surface area contributed by atoms with E-state index in [1.54, 1.807) is 0 Å². The summed E-state index contributed by atoms with van der Waals surface area (Å²) in [5.41, 5.74) is -3.44. The van der Waals surface area contributed by atoms with Gasteiger partial charge in [-0.1, -0.05) is 0 Å². The Hall–Kier alpha value is -1.61. The smallest absolute Gasteiger partial charge is 0.381 e. The third kappa shape index (κ3) is 2.79. The summed E-state index contributed by atoms with van der Waals surface area (Å²) in [6, 6.07) is 0. The van der Waals surface area contributed by atoms with Gasteiger partial charge in [-0.3, -0.25) is 4.79 Å². The number of aromatic nitrogens is 2. The average Bonchev–Trinajstić information content (AvgIpc) is 3.21. The highest BCUT2D eigenvalue weighted by atomic mass is 19.4. The van der Waals surface area contributed by atoms with Gasteiger partial charge in [0.1, 0.15) is 0 Å². The van der Waals surface area contributed by atoms with Crippen molar-refractivity contribution in [2.45, 2.75) is 31.0 Å². The van der Waals surface area contributed by atoms with E-state index >= 15 is 0 Å². The summed E-state index contributed by atoms with van der Waals surface area (Å²) >= 11 is 0. The van der Waals surface area contributed by atoms with Crippen LogP contribution in [0.2, 0.25) is 0 Å². The number of hydrogen-bond acceptors (Lipinski definition) is 4. The highest BCUT2D eigenvalue weighted by Gasteiger charge is 2.59. The Balaban J connectivity index is 1.79. The number of carbonyl (C=O) groups is 1. The molecule has 1 N–H and O–H groups in total. The van der Waals surface area contributed by atoms with Crippen LogP contribution in [0.4, 0.5) is 13.2 Å². The summed E-state index contributed by atoms with van der Waals surface area (Å²) in [6.07, 6.45) is -2.09. The van der Waals surface area contributed by atoms with Gasteiger partial charge in [0, 0.05) is 44.6 Å². The zero-order valence-electron chi connectivity index (χ0n) is 13.3. The normalized spacial score (nSPS) is 27.0. The van der Waals surface area contributed by atoms with Gasteiger partial charge in [0.05, 0.1) is 13.0 Å². The Bertz CT molecular complexity index is 625. The van der Waals surface area contributed by atoms with Gasteiger partial charge in [-0.2, -0.15) is 13.2 Å². The molecule has 2 saturated heterocycles. The summed E-state index contributed by atoms with van der Waals surface area (Å²) in [6.45, 7) is 1.90. The highest BCUT2D eigenvalue weighted by molar-refractivity contribution is 5.78. The molecule has 0 saturated carbocycles. The van der Waals surface area contributed by atoms with Gasteiger partial charge in [-0.15, -0.1) is 0 Å². The third-order valence-electron chi connectivity index (χ3n) is 5.04. The molecule has 2 atom stereocenters. The fraction of sp³-hybridized carbons (Fsp3) is 0.733. The highest BCUT2D eigenvalue weighted by Crippen LogP contribution is 2.43. The molecule has 2 aliphatic heterocycles. The number of likely N-dealkylation sites (tertiary alicyclic amines) is 1. The van der Waals surface area contributed by atoms with E-state index in [2.05, 4.69) is 4.98 Å². The molecule has 1 aromatic rings. The van der Waals surface area contributed by atoms with Crippen LogP contribution < -0.4 is 0 Å². The molecule has 24 heavy (non-hydrogen) atoms. The van der Waals surface area contributed by atoms with Crippen LogP contribution in [-0.4, -0.2) is 57.9 Å². The molecule has 9 heteroatoms. The SMILES string of the molecule is Cn1ccnc1C(O)(CC(=O)N1CCC2(CCOC2)C1)C(F)(F)F. The predicted molar refractivity (Wildman–Crippen MR) is 76.8 cm³/mol. The summed E-state index contributed by atoms with van der Waals surface area (Å²) in [5.74, 6) is -1.30. The minimum atomic E-state index is -5.00. The number of hydrogen-bond donors (Lipinski definition) is 1. The molecule has 1 amide bonds. The second kappa shape index (κ2) is 5.73. The average molecular weight is 347 g/mol. The van der Waals surface area contributed by atoms with Gasteiger partial charge in [-0.05, 0) is 12.8 Å². The van der Waals surface area contributed by atoms with E-state index in [1.807, 2.05) is 0 Å². The number of halogens is 3. The van der Waals surface area contributed by atoms with E-state index in [0.29, 0.717) is 32.7 Å². The minimum absolute atomic E-state index is 0.144. The van der Waals surface area contributed by atoms with Crippen LogP contribution in [0.15, 0.2) is 12.4 Å². The topological polar surface area (TPSA) is 67.6 Å². The molecule has 2 aliphatic rings. The van der Waals surface area contributed by atoms with Crippen LogP contribution in [-0.2, 0) is 22.2 Å². The Morgan fingerprint density at radius 1 is 1.46 bits per heavy atom. The fourth-order valence-electron chi connectivity index (χ4n) is 3.52. The van der Waals surface area contributed by atoms with Crippen molar-refractivity contribution in [2.75, 3.05) is 26.3 Å². The Morgan fingerprint density at radius 3 is 2.75 bits per heavy atom. The molecule has 3 rings (SSSR count). The van der Waals surface area contributed by atoms with Crippen LogP contribution in [0, 0.1) is 5.41 Å². The van der Waals surface area contributed by atoms with Crippen LogP contribution in [0.25, 0.3) is 0 Å². The van der Waals surface area contributed by atoms with Gasteiger partial charge in [0.15, 0.2) is 5.82 Å². The molecule has 6 nitrogen and oxygen atoms in total. The zero-order valence-corrected chi connectivity index (χ0v) is 13.3.